The van der Waals surface area contributed by atoms with Crippen molar-refractivity contribution in [1.29, 1.82) is 0 Å². The first-order valence-electron chi connectivity index (χ1n) is 10.2. The largest absolute Gasteiger partial charge is 0.497 e. The molecule has 1 aromatic heterocycles. The maximum atomic E-state index is 12.8. The minimum absolute atomic E-state index is 0.212. The van der Waals surface area contributed by atoms with Gasteiger partial charge in [-0.1, -0.05) is 12.1 Å². The summed E-state index contributed by atoms with van der Waals surface area (Å²) in [5.41, 5.74) is 2.47. The lowest BCUT2D eigenvalue weighted by Gasteiger charge is -2.28. The Morgan fingerprint density at radius 3 is 2.41 bits per heavy atom. The second-order valence-electron chi connectivity index (χ2n) is 7.62. The van der Waals surface area contributed by atoms with E-state index in [0.29, 0.717) is 47.0 Å². The van der Waals surface area contributed by atoms with Gasteiger partial charge in [-0.25, -0.2) is 9.78 Å². The van der Waals surface area contributed by atoms with Gasteiger partial charge in [-0.15, -0.1) is 11.3 Å². The molecule has 0 radical (unpaired) electrons. The fourth-order valence-electron chi connectivity index (χ4n) is 4.10. The molecule has 0 saturated heterocycles. The molecule has 0 saturated carbocycles. The SMILES string of the molecule is COc1ccc(NC(=O)Nc2nc3c(s2)CC(N2C(=O)c4ccccc4C2=O)CC3)cc1. The Morgan fingerprint density at radius 1 is 1.06 bits per heavy atom. The molecule has 162 valence electrons. The second kappa shape index (κ2) is 8.08. The number of anilines is 2. The van der Waals surface area contributed by atoms with E-state index in [1.54, 1.807) is 55.6 Å². The van der Waals surface area contributed by atoms with Crippen LogP contribution >= 0.6 is 11.3 Å². The Morgan fingerprint density at radius 2 is 1.75 bits per heavy atom. The van der Waals surface area contributed by atoms with E-state index < -0.39 is 6.03 Å². The zero-order valence-electron chi connectivity index (χ0n) is 17.3. The smallest absolute Gasteiger partial charge is 0.325 e. The van der Waals surface area contributed by atoms with Gasteiger partial charge in [-0.05, 0) is 49.2 Å². The summed E-state index contributed by atoms with van der Waals surface area (Å²) < 4.78 is 5.11. The third-order valence-electron chi connectivity index (χ3n) is 5.67. The van der Waals surface area contributed by atoms with Gasteiger partial charge >= 0.3 is 6.03 Å². The van der Waals surface area contributed by atoms with Crippen LogP contribution in [0.4, 0.5) is 15.6 Å². The van der Waals surface area contributed by atoms with E-state index in [9.17, 15) is 14.4 Å². The van der Waals surface area contributed by atoms with Crippen LogP contribution in [0, 0.1) is 0 Å². The highest BCUT2D eigenvalue weighted by Gasteiger charge is 2.41. The minimum atomic E-state index is -0.391. The zero-order valence-corrected chi connectivity index (χ0v) is 18.1. The van der Waals surface area contributed by atoms with Crippen molar-refractivity contribution in [2.75, 3.05) is 17.7 Å². The van der Waals surface area contributed by atoms with Crippen molar-refractivity contribution in [3.63, 3.8) is 0 Å². The van der Waals surface area contributed by atoms with E-state index >= 15 is 0 Å². The summed E-state index contributed by atoms with van der Waals surface area (Å²) in [4.78, 5) is 44.9. The Hall–Kier alpha value is -3.72. The molecule has 2 heterocycles. The van der Waals surface area contributed by atoms with Crippen LogP contribution in [0.3, 0.4) is 0 Å². The summed E-state index contributed by atoms with van der Waals surface area (Å²) >= 11 is 1.38. The fourth-order valence-corrected chi connectivity index (χ4v) is 5.18. The van der Waals surface area contributed by atoms with E-state index in [0.717, 1.165) is 10.6 Å². The van der Waals surface area contributed by atoms with Crippen LogP contribution in [0.5, 0.6) is 5.75 Å². The van der Waals surface area contributed by atoms with E-state index in [4.69, 9.17) is 4.74 Å². The summed E-state index contributed by atoms with van der Waals surface area (Å²) in [6.45, 7) is 0. The molecular weight excluding hydrogens is 428 g/mol. The number of urea groups is 1. The molecule has 1 atom stereocenters. The Labute approximate surface area is 188 Å². The number of nitrogens with one attached hydrogen (secondary N) is 2. The number of hydrogen-bond acceptors (Lipinski definition) is 6. The molecule has 2 N–H and O–H groups in total. The number of ether oxygens (including phenoxy) is 1. The molecule has 2 aromatic carbocycles. The number of amides is 4. The minimum Gasteiger partial charge on any atom is -0.497 e. The number of carbonyl (C=O) groups excluding carboxylic acids is 3. The van der Waals surface area contributed by atoms with Gasteiger partial charge in [-0.3, -0.25) is 19.8 Å². The van der Waals surface area contributed by atoms with Crippen LogP contribution in [-0.4, -0.2) is 40.9 Å². The number of hydrogen-bond donors (Lipinski definition) is 2. The molecule has 1 unspecified atom stereocenters. The standard InChI is InChI=1S/C23H20N4O4S/c1-31-15-9-6-13(7-10-15)24-22(30)26-23-25-18-11-8-14(12-19(18)32-23)27-20(28)16-4-2-3-5-17(16)21(27)29/h2-7,9-10,14H,8,11-12H2,1H3,(H2,24,25,26,30). The molecule has 1 aliphatic heterocycles. The van der Waals surface area contributed by atoms with E-state index in [1.807, 2.05) is 0 Å². The number of imide groups is 1. The molecule has 3 aromatic rings. The number of fused-ring (bicyclic) bond motifs is 2. The number of thiazole rings is 1. The van der Waals surface area contributed by atoms with Crippen molar-refractivity contribution in [3.8, 4) is 5.75 Å². The number of methoxy groups -OCH3 is 1. The lowest BCUT2D eigenvalue weighted by atomic mass is 9.96. The van der Waals surface area contributed by atoms with Gasteiger partial charge in [0.15, 0.2) is 5.13 Å². The zero-order chi connectivity index (χ0) is 22.2. The quantitative estimate of drug-likeness (QED) is 0.589. The van der Waals surface area contributed by atoms with Gasteiger partial charge in [0.2, 0.25) is 0 Å². The van der Waals surface area contributed by atoms with Crippen molar-refractivity contribution in [2.45, 2.75) is 25.3 Å². The fraction of sp³-hybridized carbons (Fsp3) is 0.217. The molecule has 0 spiro atoms. The summed E-state index contributed by atoms with van der Waals surface area (Å²) in [6.07, 6.45) is 1.84. The number of nitrogens with zero attached hydrogens (tertiary/aromatic N) is 2. The average Bonchev–Trinajstić information content (AvgIpc) is 3.31. The lowest BCUT2D eigenvalue weighted by Crippen LogP contribution is -2.42. The third kappa shape index (κ3) is 3.60. The van der Waals surface area contributed by atoms with Crippen LogP contribution < -0.4 is 15.4 Å². The second-order valence-corrected chi connectivity index (χ2v) is 8.70. The summed E-state index contributed by atoms with van der Waals surface area (Å²) in [5, 5.41) is 6.02. The highest BCUT2D eigenvalue weighted by atomic mass is 32.1. The van der Waals surface area contributed by atoms with Crippen molar-refractivity contribution < 1.29 is 19.1 Å². The van der Waals surface area contributed by atoms with Crippen LogP contribution in [0.1, 0.15) is 37.7 Å². The highest BCUT2D eigenvalue weighted by Crippen LogP contribution is 2.35. The number of benzene rings is 2. The van der Waals surface area contributed by atoms with Crippen LogP contribution in [0.25, 0.3) is 0 Å². The van der Waals surface area contributed by atoms with Crippen molar-refractivity contribution in [2.24, 2.45) is 0 Å². The average molecular weight is 449 g/mol. The molecule has 5 rings (SSSR count). The predicted octanol–water partition coefficient (Wildman–Crippen LogP) is 3.95. The molecule has 1 aliphatic carbocycles. The van der Waals surface area contributed by atoms with Crippen molar-refractivity contribution >= 4 is 40.0 Å². The third-order valence-corrected chi connectivity index (χ3v) is 6.71. The Bertz CT molecular complexity index is 1190. The van der Waals surface area contributed by atoms with E-state index in [1.165, 1.54) is 16.2 Å². The van der Waals surface area contributed by atoms with Crippen molar-refractivity contribution in [1.82, 2.24) is 9.88 Å². The summed E-state index contributed by atoms with van der Waals surface area (Å²) in [5.74, 6) is 0.234. The van der Waals surface area contributed by atoms with Gasteiger partial charge < -0.3 is 10.1 Å². The van der Waals surface area contributed by atoms with Gasteiger partial charge in [0, 0.05) is 23.0 Å². The maximum absolute atomic E-state index is 12.8. The Balaban J connectivity index is 1.26. The normalized spacial score (nSPS) is 17.0. The van der Waals surface area contributed by atoms with Crippen LogP contribution in [0.2, 0.25) is 0 Å². The molecule has 2 aliphatic rings. The van der Waals surface area contributed by atoms with Crippen LogP contribution in [0.15, 0.2) is 48.5 Å². The summed E-state index contributed by atoms with van der Waals surface area (Å²) in [7, 11) is 1.58. The molecular formula is C23H20N4O4S. The molecule has 8 nitrogen and oxygen atoms in total. The molecule has 32 heavy (non-hydrogen) atoms. The number of aromatic nitrogens is 1. The molecule has 0 fully saturated rings. The highest BCUT2D eigenvalue weighted by molar-refractivity contribution is 7.15. The molecule has 9 heteroatoms. The van der Waals surface area contributed by atoms with Gasteiger partial charge in [0.1, 0.15) is 5.75 Å². The molecule has 4 amide bonds. The molecule has 0 bridgehead atoms. The van der Waals surface area contributed by atoms with Gasteiger partial charge in [0.05, 0.1) is 23.9 Å². The summed E-state index contributed by atoms with van der Waals surface area (Å²) in [6, 6.07) is 13.3. The predicted molar refractivity (Wildman–Crippen MR) is 121 cm³/mol. The first-order valence-corrected chi connectivity index (χ1v) is 11.0. The first kappa shape index (κ1) is 20.2. The van der Waals surface area contributed by atoms with Crippen LogP contribution in [-0.2, 0) is 12.8 Å². The van der Waals surface area contributed by atoms with E-state index in [2.05, 4.69) is 15.6 Å². The van der Waals surface area contributed by atoms with Gasteiger partial charge in [-0.2, -0.15) is 0 Å². The number of aryl methyl sites for hydroxylation is 1. The van der Waals surface area contributed by atoms with E-state index in [-0.39, 0.29) is 17.9 Å². The monoisotopic (exact) mass is 448 g/mol. The number of rotatable bonds is 4. The first-order chi connectivity index (χ1) is 15.5. The number of carbonyl (C=O) groups is 3. The lowest BCUT2D eigenvalue weighted by molar-refractivity contribution is 0.0571. The maximum Gasteiger partial charge on any atom is 0.325 e. The Kier molecular flexibility index (Phi) is 5.10. The van der Waals surface area contributed by atoms with Crippen molar-refractivity contribution in [3.05, 3.63) is 70.2 Å². The topological polar surface area (TPSA) is 101 Å². The van der Waals surface area contributed by atoms with Gasteiger partial charge in [0.25, 0.3) is 11.8 Å².